The van der Waals surface area contributed by atoms with Crippen LogP contribution in [-0.2, 0) is 11.0 Å². The second-order valence-corrected chi connectivity index (χ2v) is 4.62. The van der Waals surface area contributed by atoms with Gasteiger partial charge in [0, 0.05) is 12.2 Å². The van der Waals surface area contributed by atoms with Crippen LogP contribution in [0.1, 0.15) is 24.8 Å². The molecule has 0 aliphatic heterocycles. The molecule has 1 aromatic rings. The van der Waals surface area contributed by atoms with Gasteiger partial charge in [-0.05, 0) is 31.4 Å². The summed E-state index contributed by atoms with van der Waals surface area (Å²) in [5.41, 5.74) is -0.798. The van der Waals surface area contributed by atoms with E-state index in [1.54, 1.807) is 0 Å². The van der Waals surface area contributed by atoms with Crippen LogP contribution in [0.15, 0.2) is 18.3 Å². The summed E-state index contributed by atoms with van der Waals surface area (Å²) in [6, 6.07) is 2.17. The number of nitrogens with zero attached hydrogens (tertiary/aromatic N) is 1. The first kappa shape index (κ1) is 13.6. The van der Waals surface area contributed by atoms with Gasteiger partial charge in [-0.15, -0.1) is 0 Å². The van der Waals surface area contributed by atoms with Crippen molar-refractivity contribution in [2.24, 2.45) is 5.92 Å². The lowest BCUT2D eigenvalue weighted by Gasteiger charge is -2.13. The van der Waals surface area contributed by atoms with Gasteiger partial charge >= 0.3 is 12.1 Å². The number of anilines is 1. The Hall–Kier alpha value is -1.79. The average molecular weight is 274 g/mol. The molecule has 0 saturated heterocycles. The summed E-state index contributed by atoms with van der Waals surface area (Å²) in [5.74, 6) is -0.874. The minimum atomic E-state index is -4.40. The Labute approximate surface area is 107 Å². The zero-order valence-corrected chi connectivity index (χ0v) is 9.94. The highest BCUT2D eigenvalue weighted by atomic mass is 19.4. The van der Waals surface area contributed by atoms with Crippen molar-refractivity contribution >= 4 is 11.8 Å². The largest absolute Gasteiger partial charge is 0.481 e. The van der Waals surface area contributed by atoms with E-state index in [-0.39, 0.29) is 12.0 Å². The minimum absolute atomic E-state index is 0.0506. The molecule has 1 aromatic heterocycles. The standard InChI is InChI=1S/C12H13F3N2O2/c13-12(14,15)8-2-4-10(16-6-8)17-9-3-1-7(5-9)11(18)19/h2,4,6-7,9H,1,3,5H2,(H,16,17)(H,18,19). The van der Waals surface area contributed by atoms with E-state index < -0.39 is 17.7 Å². The van der Waals surface area contributed by atoms with E-state index in [2.05, 4.69) is 10.3 Å². The molecule has 0 amide bonds. The van der Waals surface area contributed by atoms with Gasteiger partial charge in [0.05, 0.1) is 11.5 Å². The van der Waals surface area contributed by atoms with E-state index in [0.717, 1.165) is 12.3 Å². The molecule has 1 aliphatic carbocycles. The summed E-state index contributed by atoms with van der Waals surface area (Å²) in [5, 5.41) is 11.8. The summed E-state index contributed by atoms with van der Waals surface area (Å²) in [4.78, 5) is 14.5. The molecule has 4 nitrogen and oxygen atoms in total. The Morgan fingerprint density at radius 1 is 1.37 bits per heavy atom. The molecule has 7 heteroatoms. The van der Waals surface area contributed by atoms with Gasteiger partial charge in [0.1, 0.15) is 5.82 Å². The van der Waals surface area contributed by atoms with Crippen molar-refractivity contribution in [3.05, 3.63) is 23.9 Å². The Kier molecular flexibility index (Phi) is 3.64. The van der Waals surface area contributed by atoms with Crippen LogP contribution in [0, 0.1) is 5.92 Å². The summed E-state index contributed by atoms with van der Waals surface area (Å²) >= 11 is 0. The number of alkyl halides is 3. The van der Waals surface area contributed by atoms with Crippen molar-refractivity contribution in [3.63, 3.8) is 0 Å². The first-order valence-corrected chi connectivity index (χ1v) is 5.89. The molecular formula is C12H13F3N2O2. The number of nitrogens with one attached hydrogen (secondary N) is 1. The van der Waals surface area contributed by atoms with E-state index in [9.17, 15) is 18.0 Å². The third-order valence-corrected chi connectivity index (χ3v) is 3.22. The highest BCUT2D eigenvalue weighted by Gasteiger charge is 2.32. The molecule has 2 rings (SSSR count). The number of aromatic nitrogens is 1. The van der Waals surface area contributed by atoms with Gasteiger partial charge < -0.3 is 10.4 Å². The lowest BCUT2D eigenvalue weighted by Crippen LogP contribution is -2.18. The maximum atomic E-state index is 12.3. The number of hydrogen-bond donors (Lipinski definition) is 2. The number of carboxylic acid groups (broad SMARTS) is 1. The monoisotopic (exact) mass is 274 g/mol. The van der Waals surface area contributed by atoms with Crippen molar-refractivity contribution in [1.82, 2.24) is 4.98 Å². The van der Waals surface area contributed by atoms with Gasteiger partial charge in [0.15, 0.2) is 0 Å². The molecular weight excluding hydrogens is 261 g/mol. The number of pyridine rings is 1. The van der Waals surface area contributed by atoms with Crippen molar-refractivity contribution in [3.8, 4) is 0 Å². The fourth-order valence-electron chi connectivity index (χ4n) is 2.19. The lowest BCUT2D eigenvalue weighted by atomic mass is 10.1. The highest BCUT2D eigenvalue weighted by Crippen LogP contribution is 2.30. The number of rotatable bonds is 3. The highest BCUT2D eigenvalue weighted by molar-refractivity contribution is 5.70. The first-order chi connectivity index (χ1) is 8.86. The molecule has 0 spiro atoms. The molecule has 1 heterocycles. The average Bonchev–Trinajstić information content (AvgIpc) is 2.77. The molecule has 1 aliphatic rings. The molecule has 2 N–H and O–H groups in total. The lowest BCUT2D eigenvalue weighted by molar-refractivity contribution is -0.141. The fourth-order valence-corrected chi connectivity index (χ4v) is 2.19. The Bertz CT molecular complexity index is 459. The molecule has 0 bridgehead atoms. The molecule has 104 valence electrons. The van der Waals surface area contributed by atoms with Crippen LogP contribution in [0.3, 0.4) is 0 Å². The molecule has 0 aromatic carbocycles. The van der Waals surface area contributed by atoms with Gasteiger partial charge in [0.2, 0.25) is 0 Å². The number of hydrogen-bond acceptors (Lipinski definition) is 3. The topological polar surface area (TPSA) is 62.2 Å². The second-order valence-electron chi connectivity index (χ2n) is 4.62. The molecule has 2 atom stereocenters. The van der Waals surface area contributed by atoms with Crippen LogP contribution in [0.4, 0.5) is 19.0 Å². The predicted octanol–water partition coefficient (Wildman–Crippen LogP) is 2.77. The third kappa shape index (κ3) is 3.36. The summed E-state index contributed by atoms with van der Waals surface area (Å²) < 4.78 is 37.0. The van der Waals surface area contributed by atoms with Crippen LogP contribution in [-0.4, -0.2) is 22.1 Å². The van der Waals surface area contributed by atoms with Crippen LogP contribution in [0.2, 0.25) is 0 Å². The van der Waals surface area contributed by atoms with Crippen LogP contribution < -0.4 is 5.32 Å². The van der Waals surface area contributed by atoms with Crippen molar-refractivity contribution in [2.45, 2.75) is 31.5 Å². The van der Waals surface area contributed by atoms with E-state index in [1.807, 2.05) is 0 Å². The molecule has 19 heavy (non-hydrogen) atoms. The fraction of sp³-hybridized carbons (Fsp3) is 0.500. The summed E-state index contributed by atoms with van der Waals surface area (Å²) in [7, 11) is 0. The number of aliphatic carboxylic acids is 1. The Morgan fingerprint density at radius 2 is 2.11 bits per heavy atom. The van der Waals surface area contributed by atoms with Crippen molar-refractivity contribution in [1.29, 1.82) is 0 Å². The number of carboxylic acids is 1. The van der Waals surface area contributed by atoms with Crippen LogP contribution >= 0.6 is 0 Å². The molecule has 1 fully saturated rings. The molecule has 1 saturated carbocycles. The normalized spacial score (nSPS) is 23.3. The van der Waals surface area contributed by atoms with E-state index in [0.29, 0.717) is 25.1 Å². The molecule has 2 unspecified atom stereocenters. The summed E-state index contributed by atoms with van der Waals surface area (Å²) in [6.07, 6.45) is -1.90. The SMILES string of the molecule is O=C(O)C1CCC(Nc2ccc(C(F)(F)F)cn2)C1. The van der Waals surface area contributed by atoms with Gasteiger partial charge in [-0.1, -0.05) is 0 Å². The van der Waals surface area contributed by atoms with Gasteiger partial charge in [-0.2, -0.15) is 13.2 Å². The van der Waals surface area contributed by atoms with E-state index in [4.69, 9.17) is 5.11 Å². The zero-order valence-electron chi connectivity index (χ0n) is 9.94. The maximum absolute atomic E-state index is 12.3. The third-order valence-electron chi connectivity index (χ3n) is 3.22. The van der Waals surface area contributed by atoms with Gasteiger partial charge in [0.25, 0.3) is 0 Å². The quantitative estimate of drug-likeness (QED) is 0.889. The van der Waals surface area contributed by atoms with Gasteiger partial charge in [-0.3, -0.25) is 4.79 Å². The Balaban J connectivity index is 1.96. The van der Waals surface area contributed by atoms with Gasteiger partial charge in [-0.25, -0.2) is 4.98 Å². The second kappa shape index (κ2) is 5.07. The predicted molar refractivity (Wildman–Crippen MR) is 61.6 cm³/mol. The Morgan fingerprint density at radius 3 is 2.58 bits per heavy atom. The van der Waals surface area contributed by atoms with Crippen molar-refractivity contribution in [2.75, 3.05) is 5.32 Å². The first-order valence-electron chi connectivity index (χ1n) is 5.89. The number of carbonyl (C=O) groups is 1. The van der Waals surface area contributed by atoms with E-state index in [1.165, 1.54) is 6.07 Å². The zero-order chi connectivity index (χ0) is 14.0. The number of halogens is 3. The van der Waals surface area contributed by atoms with E-state index >= 15 is 0 Å². The van der Waals surface area contributed by atoms with Crippen LogP contribution in [0.25, 0.3) is 0 Å². The van der Waals surface area contributed by atoms with Crippen LogP contribution in [0.5, 0.6) is 0 Å². The van der Waals surface area contributed by atoms with Crippen molar-refractivity contribution < 1.29 is 23.1 Å². The smallest absolute Gasteiger partial charge is 0.417 e. The molecule has 0 radical (unpaired) electrons. The maximum Gasteiger partial charge on any atom is 0.417 e. The minimum Gasteiger partial charge on any atom is -0.481 e. The summed E-state index contributed by atoms with van der Waals surface area (Å²) in [6.45, 7) is 0.